The van der Waals surface area contributed by atoms with E-state index in [1.807, 2.05) is 48.4 Å². The Morgan fingerprint density at radius 3 is 2.84 bits per heavy atom. The van der Waals surface area contributed by atoms with E-state index >= 15 is 0 Å². The lowest BCUT2D eigenvalue weighted by Gasteiger charge is -2.37. The fourth-order valence-corrected chi connectivity index (χ4v) is 4.07. The average Bonchev–Trinajstić information content (AvgIpc) is 3.12. The summed E-state index contributed by atoms with van der Waals surface area (Å²) in [5, 5.41) is 2.70. The van der Waals surface area contributed by atoms with Gasteiger partial charge in [-0.1, -0.05) is 0 Å². The molecular weight excluding hydrogens is 334 g/mol. The van der Waals surface area contributed by atoms with Crippen LogP contribution in [-0.4, -0.2) is 41.0 Å². The van der Waals surface area contributed by atoms with Crippen LogP contribution in [0.3, 0.4) is 0 Å². The fraction of sp³-hybridized carbons (Fsp3) is 0.474. The number of thiazole rings is 1. The summed E-state index contributed by atoms with van der Waals surface area (Å²) in [7, 11) is 0. The lowest BCUT2D eigenvalue weighted by atomic mass is 9.96. The second-order valence-electron chi connectivity index (χ2n) is 6.42. The molecule has 0 saturated carbocycles. The van der Waals surface area contributed by atoms with Gasteiger partial charge in [0.1, 0.15) is 16.5 Å². The third-order valence-corrected chi connectivity index (χ3v) is 5.44. The van der Waals surface area contributed by atoms with Gasteiger partial charge in [-0.2, -0.15) is 0 Å². The van der Waals surface area contributed by atoms with Crippen LogP contribution in [0.1, 0.15) is 43.6 Å². The number of carbonyl (C=O) groups is 1. The minimum Gasteiger partial charge on any atom is -0.494 e. The van der Waals surface area contributed by atoms with E-state index in [4.69, 9.17) is 10.5 Å². The molecule has 0 bridgehead atoms. The SMILES string of the molecule is CCOc1ccc(-c2nc(C(=O)N3CCCCC3C(C)N)cs2)cc1. The molecule has 3 rings (SSSR count). The highest BCUT2D eigenvalue weighted by atomic mass is 32.1. The van der Waals surface area contributed by atoms with Gasteiger partial charge < -0.3 is 15.4 Å². The molecule has 1 aromatic carbocycles. The molecule has 5 nitrogen and oxygen atoms in total. The number of amides is 1. The van der Waals surface area contributed by atoms with E-state index in [0.717, 1.165) is 42.1 Å². The molecule has 2 heterocycles. The molecule has 0 aliphatic carbocycles. The standard InChI is InChI=1S/C19H25N3O2S/c1-3-24-15-9-7-14(8-10-15)18-21-16(12-25-18)19(23)22-11-5-4-6-17(22)13(2)20/h7-10,12-13,17H,3-6,11,20H2,1-2H3. The zero-order valence-corrected chi connectivity index (χ0v) is 15.6. The number of aromatic nitrogens is 1. The Balaban J connectivity index is 1.77. The van der Waals surface area contributed by atoms with Gasteiger partial charge in [-0.15, -0.1) is 11.3 Å². The van der Waals surface area contributed by atoms with Crippen molar-refractivity contribution in [3.8, 4) is 16.3 Å². The first-order chi connectivity index (χ1) is 12.1. The maximum Gasteiger partial charge on any atom is 0.273 e. The van der Waals surface area contributed by atoms with Crippen LogP contribution in [0.25, 0.3) is 10.6 Å². The first kappa shape index (κ1) is 17.9. The van der Waals surface area contributed by atoms with Gasteiger partial charge in [0.15, 0.2) is 0 Å². The molecule has 1 aliphatic heterocycles. The van der Waals surface area contributed by atoms with Crippen molar-refractivity contribution >= 4 is 17.2 Å². The van der Waals surface area contributed by atoms with Crippen LogP contribution in [0.4, 0.5) is 0 Å². The minimum absolute atomic E-state index is 0.00423. The minimum atomic E-state index is -0.0199. The van der Waals surface area contributed by atoms with Crippen LogP contribution in [-0.2, 0) is 0 Å². The Bertz CT molecular complexity index is 712. The molecule has 1 aromatic heterocycles. The van der Waals surface area contributed by atoms with Gasteiger partial charge in [0.05, 0.1) is 6.61 Å². The number of ether oxygens (including phenoxy) is 1. The Morgan fingerprint density at radius 1 is 1.40 bits per heavy atom. The van der Waals surface area contributed by atoms with Crippen LogP contribution in [0.2, 0.25) is 0 Å². The van der Waals surface area contributed by atoms with Gasteiger partial charge in [0, 0.05) is 29.6 Å². The molecule has 0 spiro atoms. The second-order valence-corrected chi connectivity index (χ2v) is 7.27. The lowest BCUT2D eigenvalue weighted by Crippen LogP contribution is -2.51. The number of nitrogens with zero attached hydrogens (tertiary/aromatic N) is 2. The summed E-state index contributed by atoms with van der Waals surface area (Å²) >= 11 is 1.49. The average molecular weight is 359 g/mol. The maximum atomic E-state index is 12.9. The van der Waals surface area contributed by atoms with Gasteiger partial charge in [0.2, 0.25) is 0 Å². The third kappa shape index (κ3) is 4.02. The topological polar surface area (TPSA) is 68.5 Å². The van der Waals surface area contributed by atoms with Gasteiger partial charge in [-0.3, -0.25) is 4.79 Å². The molecule has 1 amide bonds. The van der Waals surface area contributed by atoms with E-state index in [1.165, 1.54) is 11.3 Å². The van der Waals surface area contributed by atoms with Crippen molar-refractivity contribution in [3.63, 3.8) is 0 Å². The zero-order valence-electron chi connectivity index (χ0n) is 14.8. The second kappa shape index (κ2) is 7.97. The molecule has 134 valence electrons. The Kier molecular flexibility index (Phi) is 5.71. The van der Waals surface area contributed by atoms with E-state index in [0.29, 0.717) is 12.3 Å². The molecule has 2 aromatic rings. The molecule has 2 atom stereocenters. The summed E-state index contributed by atoms with van der Waals surface area (Å²) in [5.74, 6) is 0.836. The molecule has 2 unspecified atom stereocenters. The number of likely N-dealkylation sites (tertiary alicyclic amines) is 1. The van der Waals surface area contributed by atoms with E-state index < -0.39 is 0 Å². The van der Waals surface area contributed by atoms with Crippen molar-refractivity contribution in [2.45, 2.75) is 45.2 Å². The molecule has 1 saturated heterocycles. The summed E-state index contributed by atoms with van der Waals surface area (Å²) in [6.45, 7) is 5.35. The quantitative estimate of drug-likeness (QED) is 0.886. The maximum absolute atomic E-state index is 12.9. The third-order valence-electron chi connectivity index (χ3n) is 4.55. The normalized spacial score (nSPS) is 18.8. The highest BCUT2D eigenvalue weighted by molar-refractivity contribution is 7.13. The van der Waals surface area contributed by atoms with E-state index in [-0.39, 0.29) is 18.0 Å². The zero-order chi connectivity index (χ0) is 17.8. The Morgan fingerprint density at radius 2 is 2.16 bits per heavy atom. The Hall–Kier alpha value is -1.92. The number of carbonyl (C=O) groups excluding carboxylic acids is 1. The van der Waals surface area contributed by atoms with Gasteiger partial charge in [-0.25, -0.2) is 4.98 Å². The largest absolute Gasteiger partial charge is 0.494 e. The number of piperidine rings is 1. The smallest absolute Gasteiger partial charge is 0.273 e. The van der Waals surface area contributed by atoms with Crippen molar-refractivity contribution in [2.75, 3.05) is 13.2 Å². The number of benzene rings is 1. The number of nitrogens with two attached hydrogens (primary N) is 1. The van der Waals surface area contributed by atoms with Crippen LogP contribution in [0.15, 0.2) is 29.6 Å². The number of hydrogen-bond acceptors (Lipinski definition) is 5. The van der Waals surface area contributed by atoms with Crippen molar-refractivity contribution < 1.29 is 9.53 Å². The summed E-state index contributed by atoms with van der Waals surface area (Å²) in [5.41, 5.74) is 7.60. The molecule has 1 fully saturated rings. The van der Waals surface area contributed by atoms with Crippen molar-refractivity contribution in [1.29, 1.82) is 0 Å². The summed E-state index contributed by atoms with van der Waals surface area (Å²) in [4.78, 5) is 19.4. The summed E-state index contributed by atoms with van der Waals surface area (Å²) < 4.78 is 5.46. The van der Waals surface area contributed by atoms with Crippen LogP contribution < -0.4 is 10.5 Å². The first-order valence-corrected chi connectivity index (χ1v) is 9.73. The summed E-state index contributed by atoms with van der Waals surface area (Å²) in [6.07, 6.45) is 3.13. The highest BCUT2D eigenvalue weighted by Gasteiger charge is 2.30. The van der Waals surface area contributed by atoms with Crippen LogP contribution in [0, 0.1) is 0 Å². The molecule has 1 aliphatic rings. The van der Waals surface area contributed by atoms with Crippen molar-refractivity contribution in [3.05, 3.63) is 35.3 Å². The van der Waals surface area contributed by atoms with Gasteiger partial charge in [-0.05, 0) is 57.4 Å². The molecule has 0 radical (unpaired) electrons. The van der Waals surface area contributed by atoms with Gasteiger partial charge >= 0.3 is 0 Å². The molecule has 2 N–H and O–H groups in total. The van der Waals surface area contributed by atoms with Crippen LogP contribution >= 0.6 is 11.3 Å². The number of hydrogen-bond donors (Lipinski definition) is 1. The Labute approximate surface area is 152 Å². The number of rotatable bonds is 5. The van der Waals surface area contributed by atoms with Gasteiger partial charge in [0.25, 0.3) is 5.91 Å². The van der Waals surface area contributed by atoms with Crippen molar-refractivity contribution in [1.82, 2.24) is 9.88 Å². The lowest BCUT2D eigenvalue weighted by molar-refractivity contribution is 0.0578. The molecule has 6 heteroatoms. The van der Waals surface area contributed by atoms with E-state index in [9.17, 15) is 4.79 Å². The predicted molar refractivity (Wildman–Crippen MR) is 101 cm³/mol. The molecular formula is C19H25N3O2S. The fourth-order valence-electron chi connectivity index (χ4n) is 3.27. The first-order valence-electron chi connectivity index (χ1n) is 8.85. The highest BCUT2D eigenvalue weighted by Crippen LogP contribution is 2.28. The van der Waals surface area contributed by atoms with E-state index in [2.05, 4.69) is 4.98 Å². The molecule has 25 heavy (non-hydrogen) atoms. The van der Waals surface area contributed by atoms with Crippen molar-refractivity contribution in [2.24, 2.45) is 5.73 Å². The van der Waals surface area contributed by atoms with E-state index in [1.54, 1.807) is 0 Å². The summed E-state index contributed by atoms with van der Waals surface area (Å²) in [6, 6.07) is 7.90. The van der Waals surface area contributed by atoms with Crippen LogP contribution in [0.5, 0.6) is 5.75 Å². The predicted octanol–water partition coefficient (Wildman–Crippen LogP) is 3.55. The monoisotopic (exact) mass is 359 g/mol.